The Bertz CT molecular complexity index is 704. The molecule has 6 heteroatoms. The average molecular weight is 374 g/mol. The van der Waals surface area contributed by atoms with Crippen LogP contribution in [-0.2, 0) is 9.59 Å². The highest BCUT2D eigenvalue weighted by molar-refractivity contribution is 8.15. The molecule has 1 aromatic carbocycles. The zero-order chi connectivity index (χ0) is 16.0. The number of hydrogen-bond acceptors (Lipinski definition) is 4. The lowest BCUT2D eigenvalue weighted by Crippen LogP contribution is -2.42. The second-order valence-corrected chi connectivity index (χ2v) is 7.71. The Morgan fingerprint density at radius 1 is 1.25 bits per heavy atom. The maximum atomic E-state index is 14.3. The van der Waals surface area contributed by atoms with Crippen LogP contribution in [0.4, 0.5) is 4.39 Å². The molecule has 2 aliphatic heterocycles. The fraction of sp³-hybridized carbons (Fsp3) is 0.444. The molecular formula is C18H19ClFNO2S. The first kappa shape index (κ1) is 17.6. The molecule has 0 radical (unpaired) electrons. The fourth-order valence-electron chi connectivity index (χ4n) is 3.52. The minimum Gasteiger partial charge on any atom is -0.297 e. The Morgan fingerprint density at radius 3 is 2.71 bits per heavy atom. The van der Waals surface area contributed by atoms with Crippen molar-refractivity contribution in [2.45, 2.75) is 30.6 Å². The average Bonchev–Trinajstić information content (AvgIpc) is 3.31. The maximum absolute atomic E-state index is 14.3. The number of thioether (sulfide) groups is 1. The SMILES string of the molecule is Cl.O=C1C=C2CN(C(C(=O)C3CC3)[13c]3[13cH][13cH][13cH][13cH][13c]3F)CCC2S1. The minimum atomic E-state index is -0.522. The molecule has 3 aliphatic rings. The molecule has 2 heterocycles. The van der Waals surface area contributed by atoms with Gasteiger partial charge < -0.3 is 0 Å². The smallest absolute Gasteiger partial charge is 0.212 e. The molecule has 3 nitrogen and oxygen atoms in total. The molecule has 2 unspecified atom stereocenters. The van der Waals surface area contributed by atoms with E-state index in [0.29, 0.717) is 12.1 Å². The topological polar surface area (TPSA) is 37.4 Å². The molecule has 0 N–H and O–H groups in total. The zero-order valence-electron chi connectivity index (χ0n) is 13.1. The highest BCUT2D eigenvalue weighted by Gasteiger charge is 2.42. The number of piperidine rings is 1. The van der Waals surface area contributed by atoms with Crippen molar-refractivity contribution in [1.29, 1.82) is 0 Å². The van der Waals surface area contributed by atoms with Crippen LogP contribution in [0.3, 0.4) is 0 Å². The van der Waals surface area contributed by atoms with Crippen molar-refractivity contribution >= 4 is 35.1 Å². The van der Waals surface area contributed by atoms with Crippen LogP contribution in [0, 0.1) is 11.7 Å². The standard InChI is InChI=1S/C18H18FNO2S.ClH/c19-14-4-2-1-3-13(14)17(18(22)11-5-6-11)20-8-7-15-12(10-20)9-16(21)23-15;/h1-4,9,11,15,17H,5-8,10H2;1H/i1+1,2+1,3+1,4+1,13+1,14+1;. The maximum Gasteiger partial charge on any atom is 0.212 e. The predicted molar refractivity (Wildman–Crippen MR) is 94.8 cm³/mol. The number of Topliss-reactive ketones (excluding diaryl/α,β-unsaturated/α-hetero) is 1. The first-order valence-electron chi connectivity index (χ1n) is 8.07. The molecule has 1 aromatic rings. The summed E-state index contributed by atoms with van der Waals surface area (Å²) in [7, 11) is 0. The quantitative estimate of drug-likeness (QED) is 0.809. The number of likely N-dealkylation sites (tertiary alicyclic amines) is 1. The third-order valence-corrected chi connectivity index (χ3v) is 6.03. The summed E-state index contributed by atoms with van der Waals surface area (Å²) in [5.41, 5.74) is 1.55. The van der Waals surface area contributed by atoms with Gasteiger partial charge in [-0.1, -0.05) is 30.0 Å². The largest absolute Gasteiger partial charge is 0.297 e. The van der Waals surface area contributed by atoms with Crippen LogP contribution in [0.5, 0.6) is 0 Å². The third-order valence-electron chi connectivity index (χ3n) is 4.85. The summed E-state index contributed by atoms with van der Waals surface area (Å²) in [4.78, 5) is 26.5. The molecule has 2 atom stereocenters. The predicted octanol–water partition coefficient (Wildman–Crippen LogP) is 3.54. The van der Waals surface area contributed by atoms with E-state index >= 15 is 0 Å². The van der Waals surface area contributed by atoms with Crippen LogP contribution in [0.15, 0.2) is 35.9 Å². The van der Waals surface area contributed by atoms with Gasteiger partial charge in [-0.15, -0.1) is 12.4 Å². The molecule has 0 bridgehead atoms. The number of hydrogen-bond donors (Lipinski definition) is 0. The van der Waals surface area contributed by atoms with Crippen LogP contribution in [-0.4, -0.2) is 34.1 Å². The van der Waals surface area contributed by atoms with Gasteiger partial charge in [0.1, 0.15) is 5.82 Å². The van der Waals surface area contributed by atoms with E-state index in [1.165, 1.54) is 17.8 Å². The Labute approximate surface area is 151 Å². The molecule has 0 aromatic heterocycles. The van der Waals surface area contributed by atoms with Crippen molar-refractivity contribution in [3.8, 4) is 0 Å². The van der Waals surface area contributed by atoms with Crippen LogP contribution in [0.2, 0.25) is 0 Å². The number of ketones is 1. The van der Waals surface area contributed by atoms with Crippen molar-refractivity contribution in [2.75, 3.05) is 13.1 Å². The number of carbonyl (C=O) groups excluding carboxylic acids is 2. The number of halogens is 2. The first-order chi connectivity index (χ1) is 11.1. The summed E-state index contributed by atoms with van der Waals surface area (Å²) in [6.45, 7) is 1.31. The molecule has 0 amide bonds. The summed E-state index contributed by atoms with van der Waals surface area (Å²) in [6.07, 6.45) is 4.36. The monoisotopic (exact) mass is 373 g/mol. The van der Waals surface area contributed by atoms with Gasteiger partial charge >= 0.3 is 0 Å². The van der Waals surface area contributed by atoms with E-state index in [9.17, 15) is 14.0 Å². The molecule has 128 valence electrons. The number of nitrogens with zero attached hydrogens (tertiary/aromatic N) is 1. The number of benzene rings is 1. The van der Waals surface area contributed by atoms with E-state index in [4.69, 9.17) is 0 Å². The normalized spacial score (nSPS) is 24.8. The lowest BCUT2D eigenvalue weighted by atomic mass is 10.0. The third kappa shape index (κ3) is 3.30. The van der Waals surface area contributed by atoms with E-state index in [2.05, 4.69) is 4.90 Å². The van der Waals surface area contributed by atoms with Gasteiger partial charge in [-0.25, -0.2) is 4.39 Å². The second kappa shape index (κ2) is 6.98. The van der Waals surface area contributed by atoms with Gasteiger partial charge in [-0.05, 0) is 37.0 Å². The summed E-state index contributed by atoms with van der Waals surface area (Å²) >= 11 is 1.37. The second-order valence-electron chi connectivity index (χ2n) is 6.50. The van der Waals surface area contributed by atoms with E-state index in [-0.39, 0.29) is 40.3 Å². The molecule has 1 saturated carbocycles. The summed E-state index contributed by atoms with van der Waals surface area (Å²) in [5.74, 6) is -0.114. The van der Waals surface area contributed by atoms with Gasteiger partial charge in [-0.2, -0.15) is 0 Å². The van der Waals surface area contributed by atoms with Crippen LogP contribution < -0.4 is 0 Å². The molecule has 2 fully saturated rings. The van der Waals surface area contributed by atoms with Crippen LogP contribution >= 0.6 is 24.2 Å². The minimum absolute atomic E-state index is 0. The van der Waals surface area contributed by atoms with E-state index < -0.39 is 6.04 Å². The highest BCUT2D eigenvalue weighted by Crippen LogP contribution is 2.41. The van der Waals surface area contributed by atoms with E-state index in [1.807, 2.05) is 0 Å². The Hall–Kier alpha value is -1.17. The molecule has 1 aliphatic carbocycles. The lowest BCUT2D eigenvalue weighted by Gasteiger charge is -2.37. The molecular weight excluding hydrogens is 355 g/mol. The van der Waals surface area contributed by atoms with Crippen LogP contribution in [0.1, 0.15) is 30.9 Å². The van der Waals surface area contributed by atoms with Crippen LogP contribution in [0.25, 0.3) is 0 Å². The van der Waals surface area contributed by atoms with Gasteiger partial charge in [0, 0.05) is 29.8 Å². The van der Waals surface area contributed by atoms with Gasteiger partial charge in [0.2, 0.25) is 5.12 Å². The molecule has 0 spiro atoms. The first-order valence-corrected chi connectivity index (χ1v) is 8.95. The van der Waals surface area contributed by atoms with Gasteiger partial charge in [0.05, 0.1) is 6.04 Å². The summed E-state index contributed by atoms with van der Waals surface area (Å²) in [6, 6.07) is 6.05. The number of fused-ring (bicyclic) bond motifs is 1. The Kier molecular flexibility index (Phi) is 5.13. The van der Waals surface area contributed by atoms with Gasteiger partial charge in [-0.3, -0.25) is 14.5 Å². The number of rotatable bonds is 4. The summed E-state index contributed by atoms with van der Waals surface area (Å²) in [5, 5.41) is 0.346. The number of carbonyl (C=O) groups is 2. The van der Waals surface area contributed by atoms with Gasteiger partial charge in [0.25, 0.3) is 0 Å². The van der Waals surface area contributed by atoms with Crippen molar-refractivity contribution in [3.05, 3.63) is 47.3 Å². The van der Waals surface area contributed by atoms with Crippen molar-refractivity contribution in [2.24, 2.45) is 5.92 Å². The Balaban J connectivity index is 0.00000169. The van der Waals surface area contributed by atoms with E-state index in [1.54, 1.807) is 24.3 Å². The highest BCUT2D eigenvalue weighted by atomic mass is 35.5. The van der Waals surface area contributed by atoms with Crippen molar-refractivity contribution in [1.82, 2.24) is 4.90 Å². The fourth-order valence-corrected chi connectivity index (χ4v) is 4.54. The van der Waals surface area contributed by atoms with E-state index in [0.717, 1.165) is 31.4 Å². The molecule has 1 saturated heterocycles. The van der Waals surface area contributed by atoms with Gasteiger partial charge in [0.15, 0.2) is 5.78 Å². The lowest BCUT2D eigenvalue weighted by molar-refractivity contribution is -0.126. The molecule has 4 rings (SSSR count). The Morgan fingerprint density at radius 2 is 2.00 bits per heavy atom. The molecule has 24 heavy (non-hydrogen) atoms. The summed E-state index contributed by atoms with van der Waals surface area (Å²) < 4.78 is 14.3. The zero-order valence-corrected chi connectivity index (χ0v) is 14.7. The van der Waals surface area contributed by atoms with Crippen molar-refractivity contribution in [3.63, 3.8) is 0 Å². The van der Waals surface area contributed by atoms with Crippen molar-refractivity contribution < 1.29 is 14.0 Å².